The lowest BCUT2D eigenvalue weighted by atomic mass is 10.1. The summed E-state index contributed by atoms with van der Waals surface area (Å²) in [6.45, 7) is -0.107. The number of ether oxygens (including phenoxy) is 2. The van der Waals surface area contributed by atoms with Crippen LogP contribution in [-0.2, 0) is 16.1 Å². The zero-order chi connectivity index (χ0) is 21.8. The number of methoxy groups -OCH3 is 1. The largest absolute Gasteiger partial charge is 0.496 e. The Hall–Kier alpha value is -3.27. The molecule has 0 bridgehead atoms. The summed E-state index contributed by atoms with van der Waals surface area (Å²) >= 11 is 3.27. The smallest absolute Gasteiger partial charge is 0.306 e. The number of nitro benzene ring substituents is 1. The van der Waals surface area contributed by atoms with Crippen LogP contribution < -0.4 is 4.74 Å². The van der Waals surface area contributed by atoms with Crippen molar-refractivity contribution in [3.05, 3.63) is 67.7 Å². The van der Waals surface area contributed by atoms with Crippen LogP contribution in [0.5, 0.6) is 5.75 Å². The number of carbonyl (C=O) groups is 3. The van der Waals surface area contributed by atoms with Gasteiger partial charge in [0.15, 0.2) is 0 Å². The van der Waals surface area contributed by atoms with Gasteiger partial charge in [0, 0.05) is 35.1 Å². The third-order valence-electron chi connectivity index (χ3n) is 4.56. The molecule has 0 atom stereocenters. The Morgan fingerprint density at radius 3 is 2.57 bits per heavy atom. The number of nitro groups is 1. The van der Waals surface area contributed by atoms with Crippen molar-refractivity contribution in [1.29, 1.82) is 0 Å². The number of halogens is 1. The van der Waals surface area contributed by atoms with E-state index in [1.54, 1.807) is 18.2 Å². The fraction of sp³-hybridized carbons (Fsp3) is 0.250. The molecule has 0 saturated carbocycles. The van der Waals surface area contributed by atoms with E-state index >= 15 is 0 Å². The molecule has 10 heteroatoms. The highest BCUT2D eigenvalue weighted by molar-refractivity contribution is 9.10. The summed E-state index contributed by atoms with van der Waals surface area (Å²) < 4.78 is 11.0. The summed E-state index contributed by atoms with van der Waals surface area (Å²) in [5.74, 6) is -0.975. The van der Waals surface area contributed by atoms with Crippen molar-refractivity contribution in [2.75, 3.05) is 13.7 Å². The lowest BCUT2D eigenvalue weighted by molar-refractivity contribution is -0.385. The Labute approximate surface area is 179 Å². The number of non-ortho nitro benzene ring substituents is 1. The molecule has 30 heavy (non-hydrogen) atoms. The number of amides is 2. The molecule has 0 saturated heterocycles. The Morgan fingerprint density at radius 2 is 1.87 bits per heavy atom. The van der Waals surface area contributed by atoms with Crippen molar-refractivity contribution >= 4 is 39.4 Å². The second kappa shape index (κ2) is 9.04. The minimum Gasteiger partial charge on any atom is -0.496 e. The van der Waals surface area contributed by atoms with Gasteiger partial charge in [-0.2, -0.15) is 0 Å². The molecule has 0 spiro atoms. The number of benzene rings is 2. The molecule has 1 heterocycles. The van der Waals surface area contributed by atoms with Gasteiger partial charge in [0.05, 0.1) is 23.2 Å². The normalized spacial score (nSPS) is 12.7. The van der Waals surface area contributed by atoms with Gasteiger partial charge in [0.25, 0.3) is 17.5 Å². The number of hydrogen-bond acceptors (Lipinski definition) is 7. The predicted molar refractivity (Wildman–Crippen MR) is 108 cm³/mol. The molecule has 2 amide bonds. The molecule has 0 radical (unpaired) electrons. The van der Waals surface area contributed by atoms with Gasteiger partial charge in [0.1, 0.15) is 12.4 Å². The SMILES string of the molecule is COc1ccc([N+](=O)[O-])cc1COC(=O)CCCN1C(=O)c2ccc(Br)cc2C1=O. The number of imide groups is 1. The highest BCUT2D eigenvalue weighted by atomic mass is 79.9. The number of rotatable bonds is 8. The third-order valence-corrected chi connectivity index (χ3v) is 5.05. The van der Waals surface area contributed by atoms with Gasteiger partial charge in [-0.15, -0.1) is 0 Å². The molecule has 9 nitrogen and oxygen atoms in total. The molecule has 2 aromatic rings. The first kappa shape index (κ1) is 21.4. The second-order valence-electron chi connectivity index (χ2n) is 6.47. The van der Waals surface area contributed by atoms with Crippen LogP contribution in [0.25, 0.3) is 0 Å². The summed E-state index contributed by atoms with van der Waals surface area (Å²) in [5.41, 5.74) is 0.892. The van der Waals surface area contributed by atoms with Crippen molar-refractivity contribution in [3.8, 4) is 5.75 Å². The highest BCUT2D eigenvalue weighted by Gasteiger charge is 2.35. The summed E-state index contributed by atoms with van der Waals surface area (Å²) in [6, 6.07) is 8.87. The Bertz CT molecular complexity index is 1040. The number of nitrogens with zero attached hydrogens (tertiary/aromatic N) is 2. The van der Waals surface area contributed by atoms with E-state index in [-0.39, 0.29) is 31.7 Å². The molecular formula is C20H17BrN2O7. The zero-order valence-corrected chi connectivity index (χ0v) is 17.5. The maximum Gasteiger partial charge on any atom is 0.306 e. The summed E-state index contributed by atoms with van der Waals surface area (Å²) in [5, 5.41) is 10.9. The Morgan fingerprint density at radius 1 is 1.13 bits per heavy atom. The Kier molecular flexibility index (Phi) is 6.46. The number of fused-ring (bicyclic) bond motifs is 1. The van der Waals surface area contributed by atoms with Gasteiger partial charge < -0.3 is 9.47 Å². The standard InChI is InChI=1S/C20H17BrN2O7/c1-29-17-7-5-14(23(27)28)9-12(17)11-30-18(24)3-2-8-22-19(25)15-6-4-13(21)10-16(15)20(22)26/h4-7,9-10H,2-3,8,11H2,1H3. The van der Waals surface area contributed by atoms with E-state index in [1.807, 2.05) is 0 Å². The molecule has 0 fully saturated rings. The molecule has 1 aliphatic heterocycles. The summed E-state index contributed by atoms with van der Waals surface area (Å²) in [7, 11) is 1.41. The van der Waals surface area contributed by atoms with Crippen LogP contribution in [0.15, 0.2) is 40.9 Å². The predicted octanol–water partition coefficient (Wildman–Crippen LogP) is 3.49. The van der Waals surface area contributed by atoms with E-state index < -0.39 is 22.7 Å². The van der Waals surface area contributed by atoms with E-state index in [0.29, 0.717) is 26.9 Å². The van der Waals surface area contributed by atoms with Crippen LogP contribution in [0.4, 0.5) is 5.69 Å². The van der Waals surface area contributed by atoms with Crippen molar-refractivity contribution in [1.82, 2.24) is 4.90 Å². The summed E-state index contributed by atoms with van der Waals surface area (Å²) in [4.78, 5) is 48.3. The van der Waals surface area contributed by atoms with Gasteiger partial charge in [-0.1, -0.05) is 15.9 Å². The molecule has 0 unspecified atom stereocenters. The van der Waals surface area contributed by atoms with Gasteiger partial charge in [-0.25, -0.2) is 0 Å². The number of hydrogen-bond donors (Lipinski definition) is 0. The molecule has 156 valence electrons. The van der Waals surface area contributed by atoms with Gasteiger partial charge in [0.2, 0.25) is 0 Å². The van der Waals surface area contributed by atoms with Crippen molar-refractivity contribution < 1.29 is 28.8 Å². The van der Waals surface area contributed by atoms with Crippen LogP contribution >= 0.6 is 15.9 Å². The topological polar surface area (TPSA) is 116 Å². The van der Waals surface area contributed by atoms with Crippen molar-refractivity contribution in [2.45, 2.75) is 19.4 Å². The molecule has 1 aliphatic rings. The number of esters is 1. The van der Waals surface area contributed by atoms with Crippen molar-refractivity contribution in [2.24, 2.45) is 0 Å². The third kappa shape index (κ3) is 4.48. The molecule has 0 aromatic heterocycles. The van der Waals surface area contributed by atoms with Crippen LogP contribution in [0.2, 0.25) is 0 Å². The molecule has 0 N–H and O–H groups in total. The zero-order valence-electron chi connectivity index (χ0n) is 15.9. The molecule has 3 rings (SSSR count). The molecule has 0 aliphatic carbocycles. The van der Waals surface area contributed by atoms with Crippen LogP contribution in [0.1, 0.15) is 39.1 Å². The van der Waals surface area contributed by atoms with E-state index in [9.17, 15) is 24.5 Å². The molecule has 2 aromatic carbocycles. The average molecular weight is 477 g/mol. The van der Waals surface area contributed by atoms with E-state index in [0.717, 1.165) is 4.90 Å². The quantitative estimate of drug-likeness (QED) is 0.247. The average Bonchev–Trinajstić information content (AvgIpc) is 2.96. The fourth-order valence-corrected chi connectivity index (χ4v) is 3.43. The lowest BCUT2D eigenvalue weighted by Gasteiger charge is -2.13. The monoisotopic (exact) mass is 476 g/mol. The summed E-state index contributed by atoms with van der Waals surface area (Å²) in [6.07, 6.45) is 0.214. The first-order chi connectivity index (χ1) is 14.3. The first-order valence-corrected chi connectivity index (χ1v) is 9.73. The molecular weight excluding hydrogens is 460 g/mol. The number of carbonyl (C=O) groups excluding carboxylic acids is 3. The second-order valence-corrected chi connectivity index (χ2v) is 7.39. The highest BCUT2D eigenvalue weighted by Crippen LogP contribution is 2.27. The van der Waals surface area contributed by atoms with Crippen LogP contribution in [0.3, 0.4) is 0 Å². The first-order valence-electron chi connectivity index (χ1n) is 8.94. The van der Waals surface area contributed by atoms with Crippen molar-refractivity contribution in [3.63, 3.8) is 0 Å². The Balaban J connectivity index is 1.53. The maximum absolute atomic E-state index is 12.4. The van der Waals surface area contributed by atoms with E-state index in [4.69, 9.17) is 9.47 Å². The minimum absolute atomic E-state index is 0.0195. The van der Waals surface area contributed by atoms with Crippen LogP contribution in [-0.4, -0.2) is 41.3 Å². The lowest BCUT2D eigenvalue weighted by Crippen LogP contribution is -2.31. The maximum atomic E-state index is 12.4. The van der Waals surface area contributed by atoms with Gasteiger partial charge >= 0.3 is 5.97 Å². The van der Waals surface area contributed by atoms with E-state index in [1.165, 1.54) is 25.3 Å². The fourth-order valence-electron chi connectivity index (χ4n) is 3.07. The van der Waals surface area contributed by atoms with E-state index in [2.05, 4.69) is 15.9 Å². The minimum atomic E-state index is -0.553. The van der Waals surface area contributed by atoms with Gasteiger partial charge in [-0.05, 0) is 30.7 Å². The van der Waals surface area contributed by atoms with Gasteiger partial charge in [-0.3, -0.25) is 29.4 Å². The van der Waals surface area contributed by atoms with Crippen LogP contribution in [0, 0.1) is 10.1 Å².